The zero-order valence-corrected chi connectivity index (χ0v) is 17.4. The van der Waals surface area contributed by atoms with E-state index < -0.39 is 18.0 Å². The molecule has 0 bridgehead atoms. The van der Waals surface area contributed by atoms with E-state index in [9.17, 15) is 14.0 Å². The summed E-state index contributed by atoms with van der Waals surface area (Å²) in [5.41, 5.74) is 2.68. The fourth-order valence-corrected chi connectivity index (χ4v) is 3.55. The molecule has 2 atom stereocenters. The number of ether oxygens (including phenoxy) is 1. The molecular weight excluding hydrogens is 427 g/mol. The maximum atomic E-state index is 14.8. The van der Waals surface area contributed by atoms with E-state index in [1.54, 1.807) is 30.5 Å². The van der Waals surface area contributed by atoms with Crippen LogP contribution in [0.3, 0.4) is 0 Å². The second-order valence-corrected chi connectivity index (χ2v) is 7.58. The highest BCUT2D eigenvalue weighted by Gasteiger charge is 2.32. The summed E-state index contributed by atoms with van der Waals surface area (Å²) in [5.74, 6) is -0.355. The minimum atomic E-state index is -0.580. The maximum Gasteiger partial charge on any atom is 0.414 e. The molecule has 2 amide bonds. The molecule has 4 rings (SSSR count). The average Bonchev–Trinajstić information content (AvgIpc) is 3.39. The molecule has 0 radical (unpaired) electrons. The van der Waals surface area contributed by atoms with Gasteiger partial charge < -0.3 is 14.9 Å². The first-order valence-electron chi connectivity index (χ1n) is 9.72. The molecule has 0 aliphatic carbocycles. The topological polar surface area (TPSA) is 93.1 Å². The monoisotopic (exact) mass is 446 g/mol. The Bertz CT molecular complexity index is 1030. The fraction of sp³-hybridized carbons (Fsp3) is 0.333. The second kappa shape index (κ2) is 8.89. The van der Waals surface area contributed by atoms with Crippen LogP contribution >= 0.6 is 11.6 Å². The molecule has 1 unspecified atom stereocenters. The third-order valence-electron chi connectivity index (χ3n) is 4.99. The Hall–Kier alpha value is -3.20. The van der Waals surface area contributed by atoms with Crippen LogP contribution in [0.25, 0.3) is 11.1 Å². The molecule has 2 aliphatic rings. The third kappa shape index (κ3) is 4.61. The summed E-state index contributed by atoms with van der Waals surface area (Å²) in [6.45, 7) is 1.81. The lowest BCUT2D eigenvalue weighted by molar-refractivity contribution is -0.119. The minimum absolute atomic E-state index is 0.154. The third-order valence-corrected chi connectivity index (χ3v) is 5.34. The first-order valence-corrected chi connectivity index (χ1v) is 10.3. The van der Waals surface area contributed by atoms with Crippen LogP contribution in [0, 0.1) is 5.82 Å². The smallest absolute Gasteiger partial charge is 0.414 e. The molecule has 10 heteroatoms. The second-order valence-electron chi connectivity index (χ2n) is 7.27. The van der Waals surface area contributed by atoms with Crippen LogP contribution in [0.5, 0.6) is 0 Å². The summed E-state index contributed by atoms with van der Waals surface area (Å²) in [4.78, 5) is 34.1. The van der Waals surface area contributed by atoms with E-state index in [0.717, 1.165) is 0 Å². The van der Waals surface area contributed by atoms with Gasteiger partial charge in [0.15, 0.2) is 0 Å². The van der Waals surface area contributed by atoms with Crippen LogP contribution in [0.4, 0.5) is 14.9 Å². The first-order chi connectivity index (χ1) is 14.9. The van der Waals surface area contributed by atoms with E-state index >= 15 is 0 Å². The molecule has 8 nitrogen and oxygen atoms in total. The number of nitrogens with zero attached hydrogens (tertiary/aromatic N) is 3. The van der Waals surface area contributed by atoms with Gasteiger partial charge in [0.1, 0.15) is 23.7 Å². The van der Waals surface area contributed by atoms with Crippen molar-refractivity contribution in [1.29, 1.82) is 0 Å². The van der Waals surface area contributed by atoms with Crippen molar-refractivity contribution in [3.8, 4) is 11.1 Å². The zero-order chi connectivity index (χ0) is 22.0. The summed E-state index contributed by atoms with van der Waals surface area (Å²) >= 11 is 5.78. The van der Waals surface area contributed by atoms with Gasteiger partial charge in [-0.05, 0) is 24.3 Å². The predicted octanol–water partition coefficient (Wildman–Crippen LogP) is 3.08. The van der Waals surface area contributed by atoms with Gasteiger partial charge in [-0.1, -0.05) is 11.2 Å². The van der Waals surface area contributed by atoms with Crippen molar-refractivity contribution in [2.45, 2.75) is 25.6 Å². The summed E-state index contributed by atoms with van der Waals surface area (Å²) in [6.07, 6.45) is 0.920. The number of hydrogen-bond donors (Lipinski definition) is 1. The highest BCUT2D eigenvalue weighted by Crippen LogP contribution is 2.29. The Labute approximate surface area is 183 Å². The summed E-state index contributed by atoms with van der Waals surface area (Å²) in [7, 11) is 0. The number of carbonyl (C=O) groups excluding carboxylic acids is 2. The number of rotatable bonds is 6. The van der Waals surface area contributed by atoms with E-state index in [1.165, 1.54) is 17.9 Å². The molecule has 0 saturated carbocycles. The van der Waals surface area contributed by atoms with E-state index in [0.29, 0.717) is 40.5 Å². The van der Waals surface area contributed by atoms with Crippen molar-refractivity contribution in [1.82, 2.24) is 10.3 Å². The first kappa shape index (κ1) is 21.0. The van der Waals surface area contributed by atoms with Crippen molar-refractivity contribution in [2.75, 3.05) is 23.9 Å². The number of benzene rings is 1. The number of alkyl halides is 1. The number of amides is 2. The number of cyclic esters (lactones) is 1. The van der Waals surface area contributed by atoms with E-state index in [4.69, 9.17) is 21.2 Å². The Morgan fingerprint density at radius 1 is 1.32 bits per heavy atom. The van der Waals surface area contributed by atoms with Crippen molar-refractivity contribution >= 4 is 35.0 Å². The highest BCUT2D eigenvalue weighted by molar-refractivity contribution is 6.18. The zero-order valence-electron chi connectivity index (χ0n) is 16.7. The number of carbonyl (C=O) groups is 2. The predicted molar refractivity (Wildman–Crippen MR) is 113 cm³/mol. The van der Waals surface area contributed by atoms with Gasteiger partial charge in [0.25, 0.3) is 0 Å². The Kier molecular flexibility index (Phi) is 6.03. The fourth-order valence-electron chi connectivity index (χ4n) is 3.39. The molecule has 1 fully saturated rings. The van der Waals surface area contributed by atoms with Gasteiger partial charge in [-0.2, -0.15) is 0 Å². The van der Waals surface area contributed by atoms with Crippen LogP contribution in [-0.4, -0.2) is 53.9 Å². The molecule has 1 saturated heterocycles. The molecule has 1 aromatic heterocycles. The molecule has 1 aromatic carbocycles. The van der Waals surface area contributed by atoms with Gasteiger partial charge in [-0.3, -0.25) is 14.7 Å². The van der Waals surface area contributed by atoms with Crippen LogP contribution in [0.15, 0.2) is 41.7 Å². The SMILES string of the molecule is CC(=O)NC[C@H]1CN(c2ccc(-c3ccc(C4=NOC(CCl)C4)nc3)c(F)c2)C(=O)O1. The Balaban J connectivity index is 1.47. The Morgan fingerprint density at radius 2 is 2.16 bits per heavy atom. The van der Waals surface area contributed by atoms with Crippen molar-refractivity contribution in [3.63, 3.8) is 0 Å². The van der Waals surface area contributed by atoms with E-state index in [2.05, 4.69) is 15.5 Å². The summed E-state index contributed by atoms with van der Waals surface area (Å²) in [5, 5.41) is 6.60. The number of nitrogens with one attached hydrogen (secondary N) is 1. The average molecular weight is 447 g/mol. The number of oxime groups is 1. The largest absolute Gasteiger partial charge is 0.442 e. The lowest BCUT2D eigenvalue weighted by Crippen LogP contribution is -2.33. The molecule has 162 valence electrons. The number of aromatic nitrogens is 1. The van der Waals surface area contributed by atoms with Gasteiger partial charge >= 0.3 is 6.09 Å². The lowest BCUT2D eigenvalue weighted by atomic mass is 10.0. The van der Waals surface area contributed by atoms with Crippen LogP contribution in [0.1, 0.15) is 19.0 Å². The van der Waals surface area contributed by atoms with Crippen LogP contribution in [0.2, 0.25) is 0 Å². The van der Waals surface area contributed by atoms with Crippen molar-refractivity contribution < 1.29 is 23.6 Å². The molecule has 2 aliphatic heterocycles. The standard InChI is InChI=1S/C21H20ClFN4O4/c1-12(28)24-10-16-11-27(21(29)30-16)14-3-4-17(18(23)6-14)13-2-5-19(25-9-13)20-7-15(8-22)31-26-20/h2-6,9,15-16H,7-8,10-11H2,1H3,(H,24,28)/t15?,16-/m0/s1. The van der Waals surface area contributed by atoms with Gasteiger partial charge in [0.05, 0.1) is 30.4 Å². The molecule has 1 N–H and O–H groups in total. The highest BCUT2D eigenvalue weighted by atomic mass is 35.5. The maximum absolute atomic E-state index is 14.8. The number of anilines is 1. The summed E-state index contributed by atoms with van der Waals surface area (Å²) in [6, 6.07) is 8.03. The van der Waals surface area contributed by atoms with Gasteiger partial charge in [-0.15, -0.1) is 11.6 Å². The van der Waals surface area contributed by atoms with Gasteiger partial charge in [0, 0.05) is 30.7 Å². The Morgan fingerprint density at radius 3 is 2.81 bits per heavy atom. The number of pyridine rings is 1. The number of halogens is 2. The molecule has 3 heterocycles. The van der Waals surface area contributed by atoms with Crippen molar-refractivity contribution in [2.24, 2.45) is 5.16 Å². The van der Waals surface area contributed by atoms with Crippen LogP contribution < -0.4 is 10.2 Å². The van der Waals surface area contributed by atoms with E-state index in [1.807, 2.05) is 0 Å². The quantitative estimate of drug-likeness (QED) is 0.688. The van der Waals surface area contributed by atoms with Crippen molar-refractivity contribution in [3.05, 3.63) is 48.0 Å². The van der Waals surface area contributed by atoms with Crippen LogP contribution in [-0.2, 0) is 14.4 Å². The minimum Gasteiger partial charge on any atom is -0.442 e. The summed E-state index contributed by atoms with van der Waals surface area (Å²) < 4.78 is 20.1. The van der Waals surface area contributed by atoms with Gasteiger partial charge in [-0.25, -0.2) is 9.18 Å². The molecule has 31 heavy (non-hydrogen) atoms. The van der Waals surface area contributed by atoms with E-state index in [-0.39, 0.29) is 25.1 Å². The lowest BCUT2D eigenvalue weighted by Gasteiger charge is -2.14. The van der Waals surface area contributed by atoms with Gasteiger partial charge in [0.2, 0.25) is 5.91 Å². The molecule has 0 spiro atoms. The molecule has 2 aromatic rings. The number of hydrogen-bond acceptors (Lipinski definition) is 6. The normalized spacial score (nSPS) is 20.3. The molecular formula is C21H20ClFN4O4.